The monoisotopic (exact) mass is 356 g/mol. The van der Waals surface area contributed by atoms with Gasteiger partial charge in [-0.1, -0.05) is 26.0 Å². The smallest absolute Gasteiger partial charge is 0.233 e. The zero-order valence-electron chi connectivity index (χ0n) is 16.1. The molecule has 5 heteroatoms. The van der Waals surface area contributed by atoms with Gasteiger partial charge in [-0.05, 0) is 45.1 Å². The summed E-state index contributed by atoms with van der Waals surface area (Å²) in [4.78, 5) is 39.2. The Kier molecular flexibility index (Phi) is 5.17. The van der Waals surface area contributed by atoms with E-state index < -0.39 is 0 Å². The molecule has 1 aliphatic heterocycles. The van der Waals surface area contributed by atoms with Gasteiger partial charge in [-0.15, -0.1) is 0 Å². The summed E-state index contributed by atoms with van der Waals surface area (Å²) in [6.45, 7) is 9.03. The van der Waals surface area contributed by atoms with E-state index in [1.54, 1.807) is 0 Å². The average Bonchev–Trinajstić information content (AvgIpc) is 3.02. The summed E-state index contributed by atoms with van der Waals surface area (Å²) in [5, 5.41) is 0. The van der Waals surface area contributed by atoms with Crippen molar-refractivity contribution in [1.82, 2.24) is 9.47 Å². The Morgan fingerprint density at radius 2 is 1.69 bits per heavy atom. The van der Waals surface area contributed by atoms with E-state index in [4.69, 9.17) is 0 Å². The first-order chi connectivity index (χ1) is 12.3. The molecule has 3 rings (SSSR count). The van der Waals surface area contributed by atoms with E-state index in [-0.39, 0.29) is 36.0 Å². The molecule has 1 saturated heterocycles. The molecule has 1 aromatic heterocycles. The first-order valence-electron chi connectivity index (χ1n) is 9.51. The number of ketones is 1. The van der Waals surface area contributed by atoms with Crippen molar-refractivity contribution in [2.75, 3.05) is 6.54 Å². The van der Waals surface area contributed by atoms with Gasteiger partial charge in [0.25, 0.3) is 0 Å². The fourth-order valence-corrected chi connectivity index (χ4v) is 4.07. The van der Waals surface area contributed by atoms with Gasteiger partial charge in [-0.2, -0.15) is 0 Å². The second kappa shape index (κ2) is 7.22. The minimum Gasteiger partial charge on any atom is -0.348 e. The number of carbonyl (C=O) groups excluding carboxylic acids is 3. The molecule has 0 radical (unpaired) electrons. The molecule has 1 aromatic rings. The third-order valence-corrected chi connectivity index (χ3v) is 5.70. The molecule has 0 N–H and O–H groups in total. The van der Waals surface area contributed by atoms with Crippen LogP contribution >= 0.6 is 0 Å². The van der Waals surface area contributed by atoms with E-state index in [1.165, 1.54) is 4.90 Å². The maximum atomic E-state index is 12.8. The number of likely N-dealkylation sites (tertiary alicyclic amines) is 1. The maximum Gasteiger partial charge on any atom is 0.233 e. The first-order valence-corrected chi connectivity index (χ1v) is 9.51. The number of fused-ring (bicyclic) bond motifs is 1. The number of carbonyl (C=O) groups is 3. The number of amides is 2. The zero-order chi connectivity index (χ0) is 19.0. The molecule has 2 aliphatic rings. The predicted octanol–water partition coefficient (Wildman–Crippen LogP) is 3.28. The van der Waals surface area contributed by atoms with E-state index in [0.29, 0.717) is 24.3 Å². The van der Waals surface area contributed by atoms with Crippen LogP contribution in [0.1, 0.15) is 54.9 Å². The van der Waals surface area contributed by atoms with E-state index in [9.17, 15) is 14.4 Å². The summed E-state index contributed by atoms with van der Waals surface area (Å²) in [6.07, 6.45) is 6.16. The topological polar surface area (TPSA) is 59.4 Å². The minimum atomic E-state index is -0.279. The van der Waals surface area contributed by atoms with Crippen molar-refractivity contribution < 1.29 is 14.4 Å². The second-order valence-electron chi connectivity index (χ2n) is 7.96. The largest absolute Gasteiger partial charge is 0.348 e. The first kappa shape index (κ1) is 18.6. The number of nitrogens with zero attached hydrogens (tertiary/aromatic N) is 2. The van der Waals surface area contributed by atoms with Gasteiger partial charge in [0.2, 0.25) is 11.8 Å². The van der Waals surface area contributed by atoms with Crippen molar-refractivity contribution in [2.45, 2.75) is 53.5 Å². The highest BCUT2D eigenvalue weighted by Crippen LogP contribution is 2.35. The van der Waals surface area contributed by atoms with E-state index in [0.717, 1.165) is 24.4 Å². The van der Waals surface area contributed by atoms with Gasteiger partial charge in [0.15, 0.2) is 5.78 Å². The Hall–Kier alpha value is -2.17. The minimum absolute atomic E-state index is 0.140. The number of allylic oxidation sites excluding steroid dienone is 2. The van der Waals surface area contributed by atoms with Crippen LogP contribution < -0.4 is 0 Å². The van der Waals surface area contributed by atoms with E-state index >= 15 is 0 Å². The fraction of sp³-hybridized carbons (Fsp3) is 0.571. The molecular formula is C21H28N2O3. The number of aromatic nitrogens is 1. The van der Waals surface area contributed by atoms with Crippen LogP contribution in [-0.2, 0) is 16.1 Å². The number of hydrogen-bond acceptors (Lipinski definition) is 3. The number of imide groups is 1. The summed E-state index contributed by atoms with van der Waals surface area (Å²) in [5.41, 5.74) is 2.59. The van der Waals surface area contributed by atoms with Crippen molar-refractivity contribution in [3.63, 3.8) is 0 Å². The molecule has 5 nitrogen and oxygen atoms in total. The number of Topliss-reactive ketones (excluding diaryl/α,β-unsaturated/α-hetero) is 1. The van der Waals surface area contributed by atoms with Crippen LogP contribution in [0.5, 0.6) is 0 Å². The van der Waals surface area contributed by atoms with Crippen LogP contribution in [0.3, 0.4) is 0 Å². The molecular weight excluding hydrogens is 328 g/mol. The molecule has 0 spiro atoms. The van der Waals surface area contributed by atoms with Crippen molar-refractivity contribution in [3.05, 3.63) is 35.2 Å². The lowest BCUT2D eigenvalue weighted by Gasteiger charge is -2.14. The summed E-state index contributed by atoms with van der Waals surface area (Å²) in [6, 6.07) is 1.89. The number of rotatable bonds is 6. The van der Waals surface area contributed by atoms with Crippen molar-refractivity contribution in [3.8, 4) is 0 Å². The van der Waals surface area contributed by atoms with Crippen LogP contribution in [0.4, 0.5) is 0 Å². The van der Waals surface area contributed by atoms with Gasteiger partial charge in [-0.25, -0.2) is 0 Å². The van der Waals surface area contributed by atoms with Crippen molar-refractivity contribution in [1.29, 1.82) is 0 Å². The molecule has 2 heterocycles. The van der Waals surface area contributed by atoms with Gasteiger partial charge < -0.3 is 4.57 Å². The van der Waals surface area contributed by atoms with Crippen LogP contribution in [0, 0.1) is 31.6 Å². The fourth-order valence-electron chi connectivity index (χ4n) is 4.07. The summed E-state index contributed by atoms with van der Waals surface area (Å²) in [5.74, 6) is -0.496. The van der Waals surface area contributed by atoms with Crippen LogP contribution in [0.15, 0.2) is 18.2 Å². The average molecular weight is 356 g/mol. The molecule has 26 heavy (non-hydrogen) atoms. The summed E-state index contributed by atoms with van der Waals surface area (Å²) >= 11 is 0. The number of aryl methyl sites for hydroxylation is 1. The Balaban J connectivity index is 1.75. The third kappa shape index (κ3) is 3.27. The SMILES string of the molecule is Cc1cc(C(=O)CN2C(=O)[C@H]3CC=CC[C@H]3C2=O)c(C)n1CCC(C)C. The van der Waals surface area contributed by atoms with Gasteiger partial charge in [0, 0.05) is 23.5 Å². The predicted molar refractivity (Wildman–Crippen MR) is 99.8 cm³/mol. The molecule has 0 unspecified atom stereocenters. The molecule has 2 atom stereocenters. The standard InChI is InChI=1S/C21H28N2O3/c1-13(2)9-10-22-14(3)11-18(15(22)4)19(24)12-23-20(25)16-7-5-6-8-17(16)21(23)26/h5-6,11,13,16-17H,7-10,12H2,1-4H3/t16-,17+. The second-order valence-corrected chi connectivity index (χ2v) is 7.96. The Labute approximate surface area is 155 Å². The molecule has 0 aromatic carbocycles. The summed E-state index contributed by atoms with van der Waals surface area (Å²) in [7, 11) is 0. The lowest BCUT2D eigenvalue weighted by atomic mass is 9.85. The summed E-state index contributed by atoms with van der Waals surface area (Å²) < 4.78 is 2.16. The Morgan fingerprint density at radius 1 is 1.12 bits per heavy atom. The van der Waals surface area contributed by atoms with Gasteiger partial charge in [-0.3, -0.25) is 19.3 Å². The van der Waals surface area contributed by atoms with Crippen LogP contribution in [0.25, 0.3) is 0 Å². The van der Waals surface area contributed by atoms with E-state index in [1.807, 2.05) is 32.1 Å². The quantitative estimate of drug-likeness (QED) is 0.446. The highest BCUT2D eigenvalue weighted by Gasteiger charge is 2.47. The zero-order valence-corrected chi connectivity index (χ0v) is 16.1. The Bertz CT molecular complexity index is 746. The lowest BCUT2D eigenvalue weighted by molar-refractivity contribution is -0.139. The third-order valence-electron chi connectivity index (χ3n) is 5.70. The molecule has 0 bridgehead atoms. The van der Waals surface area contributed by atoms with Crippen molar-refractivity contribution in [2.24, 2.45) is 17.8 Å². The molecule has 1 fully saturated rings. The number of hydrogen-bond donors (Lipinski definition) is 0. The molecule has 0 saturated carbocycles. The van der Waals surface area contributed by atoms with Crippen molar-refractivity contribution >= 4 is 17.6 Å². The van der Waals surface area contributed by atoms with Gasteiger partial charge >= 0.3 is 0 Å². The molecule has 2 amide bonds. The lowest BCUT2D eigenvalue weighted by Crippen LogP contribution is -2.36. The molecule has 1 aliphatic carbocycles. The van der Waals surface area contributed by atoms with Crippen LogP contribution in [0.2, 0.25) is 0 Å². The van der Waals surface area contributed by atoms with Gasteiger partial charge in [0.1, 0.15) is 0 Å². The van der Waals surface area contributed by atoms with E-state index in [2.05, 4.69) is 18.4 Å². The highest BCUT2D eigenvalue weighted by atomic mass is 16.2. The van der Waals surface area contributed by atoms with Gasteiger partial charge in [0.05, 0.1) is 18.4 Å². The molecule has 140 valence electrons. The normalized spacial score (nSPS) is 22.4. The highest BCUT2D eigenvalue weighted by molar-refractivity contribution is 6.10. The maximum absolute atomic E-state index is 12.8. The Morgan fingerprint density at radius 3 is 2.23 bits per heavy atom. The van der Waals surface area contributed by atoms with Crippen LogP contribution in [-0.4, -0.2) is 33.6 Å².